The SMILES string of the molecule is CN[C@H]1CC[C@@H](N(Cc2cc(-c3ccc(C(N)=O)cc3)ccc2OC)C(=O)C2=C(Cl)c3c(F)cccc3C2)CC1. The first-order chi connectivity index (χ1) is 19.3. The zero-order valence-corrected chi connectivity index (χ0v) is 23.4. The van der Waals surface area contributed by atoms with Crippen molar-refractivity contribution in [2.24, 2.45) is 5.73 Å². The van der Waals surface area contributed by atoms with Crippen LogP contribution < -0.4 is 15.8 Å². The van der Waals surface area contributed by atoms with E-state index in [9.17, 15) is 14.0 Å². The van der Waals surface area contributed by atoms with E-state index in [4.69, 9.17) is 22.1 Å². The molecule has 3 aromatic carbocycles. The van der Waals surface area contributed by atoms with Crippen LogP contribution in [0.25, 0.3) is 16.2 Å². The number of hydrogen-bond donors (Lipinski definition) is 2. The third kappa shape index (κ3) is 5.49. The molecule has 8 heteroatoms. The molecule has 40 heavy (non-hydrogen) atoms. The molecule has 5 rings (SSSR count). The summed E-state index contributed by atoms with van der Waals surface area (Å²) < 4.78 is 20.3. The fraction of sp³-hybridized carbons (Fsp3) is 0.312. The number of methoxy groups -OCH3 is 1. The Kier molecular flexibility index (Phi) is 8.24. The number of ether oxygens (including phenoxy) is 1. The first-order valence-electron chi connectivity index (χ1n) is 13.5. The number of amides is 2. The largest absolute Gasteiger partial charge is 0.496 e. The highest BCUT2D eigenvalue weighted by Crippen LogP contribution is 2.40. The van der Waals surface area contributed by atoms with Crippen LogP contribution in [-0.2, 0) is 17.8 Å². The van der Waals surface area contributed by atoms with Crippen LogP contribution in [0.3, 0.4) is 0 Å². The fourth-order valence-corrected chi connectivity index (χ4v) is 6.22. The Morgan fingerprint density at radius 1 is 1.05 bits per heavy atom. The minimum Gasteiger partial charge on any atom is -0.496 e. The first-order valence-corrected chi connectivity index (χ1v) is 13.9. The van der Waals surface area contributed by atoms with Gasteiger partial charge in [0.2, 0.25) is 5.91 Å². The molecule has 0 aromatic heterocycles. The van der Waals surface area contributed by atoms with E-state index in [0.717, 1.165) is 47.9 Å². The minimum absolute atomic E-state index is 0.00541. The molecule has 0 unspecified atom stereocenters. The molecule has 0 heterocycles. The van der Waals surface area contributed by atoms with Gasteiger partial charge in [0.15, 0.2) is 0 Å². The summed E-state index contributed by atoms with van der Waals surface area (Å²) in [6.07, 6.45) is 3.91. The van der Waals surface area contributed by atoms with E-state index >= 15 is 0 Å². The van der Waals surface area contributed by atoms with Crippen molar-refractivity contribution in [1.29, 1.82) is 0 Å². The molecule has 3 N–H and O–H groups in total. The molecule has 1 fully saturated rings. The topological polar surface area (TPSA) is 84.7 Å². The average Bonchev–Trinajstić information content (AvgIpc) is 3.32. The number of nitrogens with one attached hydrogen (secondary N) is 1. The van der Waals surface area contributed by atoms with Crippen molar-refractivity contribution >= 4 is 28.4 Å². The summed E-state index contributed by atoms with van der Waals surface area (Å²) in [6.45, 7) is 0.316. The lowest BCUT2D eigenvalue weighted by molar-refractivity contribution is -0.130. The van der Waals surface area contributed by atoms with Crippen molar-refractivity contribution in [2.45, 2.75) is 50.7 Å². The smallest absolute Gasteiger partial charge is 0.252 e. The second-order valence-electron chi connectivity index (χ2n) is 10.4. The number of fused-ring (bicyclic) bond motifs is 1. The third-order valence-electron chi connectivity index (χ3n) is 8.14. The monoisotopic (exact) mass is 561 g/mol. The first kappa shape index (κ1) is 27.9. The molecule has 6 nitrogen and oxygen atoms in total. The highest BCUT2D eigenvalue weighted by Gasteiger charge is 2.35. The van der Waals surface area contributed by atoms with Gasteiger partial charge >= 0.3 is 0 Å². The van der Waals surface area contributed by atoms with Crippen molar-refractivity contribution in [3.8, 4) is 16.9 Å². The summed E-state index contributed by atoms with van der Waals surface area (Å²) in [5.41, 5.74) is 10.00. The summed E-state index contributed by atoms with van der Waals surface area (Å²) in [5, 5.41) is 3.55. The van der Waals surface area contributed by atoms with Crippen LogP contribution in [0.4, 0.5) is 4.39 Å². The molecule has 0 radical (unpaired) electrons. The Hall–Kier alpha value is -3.68. The maximum atomic E-state index is 14.6. The van der Waals surface area contributed by atoms with Crippen molar-refractivity contribution in [3.63, 3.8) is 0 Å². The highest BCUT2D eigenvalue weighted by molar-refractivity contribution is 6.52. The van der Waals surface area contributed by atoms with Crippen LogP contribution in [0, 0.1) is 5.82 Å². The number of nitrogens with two attached hydrogens (primary N) is 1. The number of rotatable bonds is 8. The summed E-state index contributed by atoms with van der Waals surface area (Å²) in [4.78, 5) is 27.6. The third-order valence-corrected chi connectivity index (χ3v) is 8.56. The molecule has 0 aliphatic heterocycles. The Morgan fingerprint density at radius 3 is 2.38 bits per heavy atom. The number of hydrogen-bond acceptors (Lipinski definition) is 4. The molecule has 0 spiro atoms. The average molecular weight is 562 g/mol. The molecule has 0 bridgehead atoms. The van der Waals surface area contributed by atoms with E-state index in [0.29, 0.717) is 41.5 Å². The summed E-state index contributed by atoms with van der Waals surface area (Å²) in [5.74, 6) is -0.402. The molecule has 3 aromatic rings. The fourth-order valence-electron chi connectivity index (χ4n) is 5.86. The van der Waals surface area contributed by atoms with Gasteiger partial charge in [-0.2, -0.15) is 0 Å². The standard InChI is InChI=1S/C32H33ClFN3O3/c1-36-24-11-13-25(14-12-24)37(32(39)26-17-22-4-3-5-27(34)29(22)30(26)33)18-23-16-21(10-15-28(23)40-2)19-6-8-20(9-7-19)31(35)38/h3-10,15-16,24-25,36H,11-14,17-18H2,1-2H3,(H2,35,38)/t24-,25+. The van der Waals surface area contributed by atoms with Gasteiger partial charge in [-0.05, 0) is 79.8 Å². The summed E-state index contributed by atoms with van der Waals surface area (Å²) in [6, 6.07) is 18.2. The molecular formula is C32H33ClFN3O3. The van der Waals surface area contributed by atoms with Crippen molar-refractivity contribution < 1.29 is 18.7 Å². The van der Waals surface area contributed by atoms with Gasteiger partial charge in [-0.15, -0.1) is 0 Å². The molecular weight excluding hydrogens is 529 g/mol. The highest BCUT2D eigenvalue weighted by atomic mass is 35.5. The van der Waals surface area contributed by atoms with Gasteiger partial charge in [0.1, 0.15) is 11.6 Å². The number of benzene rings is 3. The van der Waals surface area contributed by atoms with E-state index in [2.05, 4.69) is 5.32 Å². The lowest BCUT2D eigenvalue weighted by Crippen LogP contribution is -2.45. The van der Waals surface area contributed by atoms with Crippen LogP contribution in [0.2, 0.25) is 0 Å². The summed E-state index contributed by atoms with van der Waals surface area (Å²) >= 11 is 6.66. The van der Waals surface area contributed by atoms with Crippen LogP contribution in [-0.4, -0.2) is 43.0 Å². The van der Waals surface area contributed by atoms with Gasteiger partial charge in [0, 0.05) is 47.3 Å². The summed E-state index contributed by atoms with van der Waals surface area (Å²) in [7, 11) is 3.58. The number of carbonyl (C=O) groups is 2. The Morgan fingerprint density at radius 2 is 1.75 bits per heavy atom. The molecule has 1 saturated carbocycles. The van der Waals surface area contributed by atoms with Gasteiger partial charge in [-0.1, -0.05) is 41.9 Å². The second-order valence-corrected chi connectivity index (χ2v) is 10.8. The van der Waals surface area contributed by atoms with Crippen LogP contribution in [0.15, 0.2) is 66.2 Å². The zero-order chi connectivity index (χ0) is 28.4. The molecule has 0 saturated heterocycles. The predicted molar refractivity (Wildman–Crippen MR) is 155 cm³/mol. The van der Waals surface area contributed by atoms with Crippen molar-refractivity contribution in [3.05, 3.63) is 94.3 Å². The van der Waals surface area contributed by atoms with E-state index in [1.165, 1.54) is 6.07 Å². The molecule has 2 aliphatic rings. The molecule has 0 atom stereocenters. The van der Waals surface area contributed by atoms with Gasteiger partial charge in [0.05, 0.1) is 12.1 Å². The van der Waals surface area contributed by atoms with E-state index in [-0.39, 0.29) is 17.0 Å². The van der Waals surface area contributed by atoms with Crippen molar-refractivity contribution in [1.82, 2.24) is 10.2 Å². The molecule has 208 valence electrons. The van der Waals surface area contributed by atoms with Gasteiger partial charge in [-0.3, -0.25) is 9.59 Å². The van der Waals surface area contributed by atoms with Gasteiger partial charge < -0.3 is 20.7 Å². The number of nitrogens with zero attached hydrogens (tertiary/aromatic N) is 1. The maximum absolute atomic E-state index is 14.6. The Labute approximate surface area is 239 Å². The number of halogens is 2. The lowest BCUT2D eigenvalue weighted by atomic mass is 9.89. The van der Waals surface area contributed by atoms with E-state index in [1.54, 1.807) is 25.3 Å². The molecule has 2 aliphatic carbocycles. The maximum Gasteiger partial charge on any atom is 0.252 e. The van der Waals surface area contributed by atoms with Crippen LogP contribution in [0.1, 0.15) is 52.7 Å². The number of carbonyl (C=O) groups excluding carboxylic acids is 2. The predicted octanol–water partition coefficient (Wildman–Crippen LogP) is 5.67. The van der Waals surface area contributed by atoms with E-state index in [1.807, 2.05) is 48.3 Å². The van der Waals surface area contributed by atoms with Crippen molar-refractivity contribution in [2.75, 3.05) is 14.2 Å². The normalized spacial score (nSPS) is 18.4. The number of primary amides is 1. The van der Waals surface area contributed by atoms with Gasteiger partial charge in [-0.25, -0.2) is 4.39 Å². The zero-order valence-electron chi connectivity index (χ0n) is 22.7. The molecule has 2 amide bonds. The van der Waals surface area contributed by atoms with Gasteiger partial charge in [0.25, 0.3) is 5.91 Å². The Balaban J connectivity index is 1.50. The van der Waals surface area contributed by atoms with E-state index < -0.39 is 11.7 Å². The van der Waals surface area contributed by atoms with Crippen LogP contribution >= 0.6 is 11.6 Å². The minimum atomic E-state index is -0.481. The Bertz CT molecular complexity index is 1460. The second kappa shape index (κ2) is 11.8. The quantitative estimate of drug-likeness (QED) is 0.371. The lowest BCUT2D eigenvalue weighted by Gasteiger charge is -2.37. The van der Waals surface area contributed by atoms with Crippen LogP contribution in [0.5, 0.6) is 5.75 Å².